The van der Waals surface area contributed by atoms with Gasteiger partial charge in [0.25, 0.3) is 0 Å². The number of benzene rings is 1. The maximum absolute atomic E-state index is 11.6. The molecule has 1 amide bonds. The molecule has 0 aliphatic heterocycles. The van der Waals surface area contributed by atoms with E-state index in [0.29, 0.717) is 19.4 Å². The van der Waals surface area contributed by atoms with Gasteiger partial charge < -0.3 is 20.3 Å². The highest BCUT2D eigenvalue weighted by Gasteiger charge is 2.18. The van der Waals surface area contributed by atoms with E-state index in [1.807, 2.05) is 30.3 Å². The van der Waals surface area contributed by atoms with Crippen LogP contribution in [0.25, 0.3) is 0 Å². The molecule has 1 rings (SSSR count). The van der Waals surface area contributed by atoms with Gasteiger partial charge in [-0.25, -0.2) is 9.00 Å². The molecule has 1 aromatic rings. The molecule has 0 saturated heterocycles. The largest absolute Gasteiger partial charge is 0.445 e. The summed E-state index contributed by atoms with van der Waals surface area (Å²) in [5.41, 5.74) is 6.21. The highest BCUT2D eigenvalue weighted by atomic mass is 32.2. The molecule has 1 unspecified atom stereocenters. The number of alkyl carbamates (subject to hydrolysis) is 1. The summed E-state index contributed by atoms with van der Waals surface area (Å²) in [6.07, 6.45) is 1.11. The second-order valence-corrected chi connectivity index (χ2v) is 5.38. The molecule has 2 atom stereocenters. The minimum Gasteiger partial charge on any atom is -0.445 e. The first kappa shape index (κ1) is 16.6. The first-order valence-corrected chi connectivity index (χ1v) is 7.57. The van der Waals surface area contributed by atoms with Crippen molar-refractivity contribution in [1.82, 2.24) is 5.32 Å². The molecule has 0 spiro atoms. The number of carbonyl (C=O) groups is 1. The normalized spacial score (nSPS) is 13.5. The molecule has 0 aliphatic rings. The zero-order chi connectivity index (χ0) is 14.8. The van der Waals surface area contributed by atoms with E-state index in [1.165, 1.54) is 0 Å². The van der Waals surface area contributed by atoms with Gasteiger partial charge in [0.15, 0.2) is 11.1 Å². The van der Waals surface area contributed by atoms with E-state index in [4.69, 9.17) is 15.0 Å². The fraction of sp³-hybridized carbons (Fsp3) is 0.462. The van der Waals surface area contributed by atoms with Crippen molar-refractivity contribution in [3.8, 4) is 0 Å². The van der Waals surface area contributed by atoms with E-state index in [-0.39, 0.29) is 6.61 Å². The Morgan fingerprint density at radius 3 is 2.65 bits per heavy atom. The molecule has 0 saturated carbocycles. The van der Waals surface area contributed by atoms with Crippen LogP contribution in [-0.4, -0.2) is 26.8 Å². The summed E-state index contributed by atoms with van der Waals surface area (Å²) in [4.78, 5) is 11.6. The predicted molar refractivity (Wildman–Crippen MR) is 77.2 cm³/mol. The number of unbranched alkanes of at least 4 members (excludes halogenated alkanes) is 1. The minimum atomic E-state index is -2.13. The van der Waals surface area contributed by atoms with Crippen molar-refractivity contribution in [2.24, 2.45) is 5.73 Å². The van der Waals surface area contributed by atoms with Gasteiger partial charge in [0.05, 0.1) is 0 Å². The summed E-state index contributed by atoms with van der Waals surface area (Å²) in [6.45, 7) is 0.642. The summed E-state index contributed by atoms with van der Waals surface area (Å²) in [6, 6.07) is 9.21. The third-order valence-electron chi connectivity index (χ3n) is 2.66. The zero-order valence-electron chi connectivity index (χ0n) is 11.2. The van der Waals surface area contributed by atoms with Crippen molar-refractivity contribution >= 4 is 17.2 Å². The van der Waals surface area contributed by atoms with E-state index >= 15 is 0 Å². The van der Waals surface area contributed by atoms with Crippen LogP contribution in [0.1, 0.15) is 24.8 Å². The zero-order valence-corrected chi connectivity index (χ0v) is 12.0. The molecule has 0 bridgehead atoms. The van der Waals surface area contributed by atoms with Crippen LogP contribution in [0, 0.1) is 0 Å². The summed E-state index contributed by atoms with van der Waals surface area (Å²) < 4.78 is 25.2. The van der Waals surface area contributed by atoms with Gasteiger partial charge in [0.2, 0.25) is 0 Å². The predicted octanol–water partition coefficient (Wildman–Crippen LogP) is 1.59. The SMILES string of the molecule is NCCCC[C@H](NC(=O)OCc1ccccc1)S(=O)O. The van der Waals surface area contributed by atoms with Gasteiger partial charge in [-0.05, 0) is 31.4 Å². The number of hydrogen-bond donors (Lipinski definition) is 3. The first-order chi connectivity index (χ1) is 9.63. The van der Waals surface area contributed by atoms with Gasteiger partial charge in [-0.15, -0.1) is 0 Å². The van der Waals surface area contributed by atoms with Crippen molar-refractivity contribution in [1.29, 1.82) is 0 Å². The molecule has 1 aromatic carbocycles. The van der Waals surface area contributed by atoms with Gasteiger partial charge in [-0.2, -0.15) is 0 Å². The van der Waals surface area contributed by atoms with Crippen LogP contribution in [0.2, 0.25) is 0 Å². The first-order valence-electron chi connectivity index (χ1n) is 6.40. The lowest BCUT2D eigenvalue weighted by atomic mass is 10.2. The lowest BCUT2D eigenvalue weighted by molar-refractivity contribution is 0.138. The van der Waals surface area contributed by atoms with Crippen molar-refractivity contribution < 1.29 is 18.3 Å². The molecular weight excluding hydrogens is 280 g/mol. The van der Waals surface area contributed by atoms with Crippen LogP contribution < -0.4 is 11.1 Å². The van der Waals surface area contributed by atoms with Gasteiger partial charge in [0.1, 0.15) is 12.0 Å². The maximum atomic E-state index is 11.6. The van der Waals surface area contributed by atoms with Gasteiger partial charge in [0, 0.05) is 0 Å². The Morgan fingerprint density at radius 1 is 1.35 bits per heavy atom. The molecule has 0 fully saturated rings. The summed E-state index contributed by atoms with van der Waals surface area (Å²) in [7, 11) is 0. The Bertz CT molecular complexity index is 428. The number of hydrogen-bond acceptors (Lipinski definition) is 4. The smallest absolute Gasteiger partial charge is 0.408 e. The Balaban J connectivity index is 2.36. The van der Waals surface area contributed by atoms with E-state index in [9.17, 15) is 9.00 Å². The van der Waals surface area contributed by atoms with Gasteiger partial charge in [-0.1, -0.05) is 30.3 Å². The van der Waals surface area contributed by atoms with Gasteiger partial charge in [-0.3, -0.25) is 0 Å². The van der Waals surface area contributed by atoms with Crippen LogP contribution in [0.5, 0.6) is 0 Å². The molecule has 0 radical (unpaired) electrons. The molecule has 0 aliphatic carbocycles. The Kier molecular flexibility index (Phi) is 7.86. The van der Waals surface area contributed by atoms with Gasteiger partial charge >= 0.3 is 6.09 Å². The highest BCUT2D eigenvalue weighted by Crippen LogP contribution is 2.05. The Hall–Kier alpha value is -1.44. The third kappa shape index (κ3) is 6.65. The average Bonchev–Trinajstić information content (AvgIpc) is 2.45. The van der Waals surface area contributed by atoms with Crippen LogP contribution >= 0.6 is 0 Å². The van der Waals surface area contributed by atoms with Crippen molar-refractivity contribution in [2.45, 2.75) is 31.2 Å². The molecular formula is C13H20N2O4S. The number of nitrogens with two attached hydrogens (primary N) is 1. The molecule has 20 heavy (non-hydrogen) atoms. The Morgan fingerprint density at radius 2 is 2.05 bits per heavy atom. The van der Waals surface area contributed by atoms with E-state index in [0.717, 1.165) is 12.0 Å². The molecule has 7 heteroatoms. The fourth-order valence-corrected chi connectivity index (χ4v) is 2.16. The standard InChI is InChI=1S/C13H20N2O4S/c14-9-5-4-8-12(20(17)18)15-13(16)19-10-11-6-2-1-3-7-11/h1-3,6-7,12H,4-5,8-10,14H2,(H,15,16)(H,17,18)/t12-/m1/s1. The number of carbonyl (C=O) groups excluding carboxylic acids is 1. The number of rotatable bonds is 8. The molecule has 6 nitrogen and oxygen atoms in total. The van der Waals surface area contributed by atoms with Crippen LogP contribution in [0.3, 0.4) is 0 Å². The molecule has 112 valence electrons. The highest BCUT2D eigenvalue weighted by molar-refractivity contribution is 7.79. The van der Waals surface area contributed by atoms with Crippen molar-refractivity contribution in [2.75, 3.05) is 6.54 Å². The summed E-state index contributed by atoms with van der Waals surface area (Å²) in [5.74, 6) is 0. The van der Waals surface area contributed by atoms with Crippen molar-refractivity contribution in [3.05, 3.63) is 35.9 Å². The lowest BCUT2D eigenvalue weighted by Gasteiger charge is -2.14. The van der Waals surface area contributed by atoms with E-state index in [2.05, 4.69) is 5.32 Å². The second kappa shape index (κ2) is 9.46. The minimum absolute atomic E-state index is 0.125. The quantitative estimate of drug-likeness (QED) is 0.500. The Labute approximate surface area is 121 Å². The summed E-state index contributed by atoms with van der Waals surface area (Å²) >= 11 is -2.13. The third-order valence-corrected chi connectivity index (χ3v) is 3.50. The lowest BCUT2D eigenvalue weighted by Crippen LogP contribution is -2.38. The second-order valence-electron chi connectivity index (χ2n) is 4.26. The molecule has 0 aromatic heterocycles. The topological polar surface area (TPSA) is 102 Å². The van der Waals surface area contributed by atoms with Crippen LogP contribution in [0.15, 0.2) is 30.3 Å². The number of nitrogens with one attached hydrogen (secondary N) is 1. The summed E-state index contributed by atoms with van der Waals surface area (Å²) in [5, 5.41) is 1.56. The molecule has 4 N–H and O–H groups in total. The molecule has 0 heterocycles. The van der Waals surface area contributed by atoms with Crippen LogP contribution in [-0.2, 0) is 22.4 Å². The van der Waals surface area contributed by atoms with Crippen molar-refractivity contribution in [3.63, 3.8) is 0 Å². The van der Waals surface area contributed by atoms with E-state index < -0.39 is 22.5 Å². The number of amides is 1. The van der Waals surface area contributed by atoms with E-state index in [1.54, 1.807) is 0 Å². The maximum Gasteiger partial charge on any atom is 0.408 e. The van der Waals surface area contributed by atoms with Crippen LogP contribution in [0.4, 0.5) is 4.79 Å². The fourth-order valence-electron chi connectivity index (χ4n) is 1.59. The number of ether oxygens (including phenoxy) is 1. The average molecular weight is 300 g/mol. The monoisotopic (exact) mass is 300 g/mol.